The molecular formula is C15H21NO. The lowest BCUT2D eigenvalue weighted by molar-refractivity contribution is -0.0645. The first kappa shape index (κ1) is 11.2. The highest BCUT2D eigenvalue weighted by Crippen LogP contribution is 2.32. The van der Waals surface area contributed by atoms with Crippen molar-refractivity contribution in [1.29, 1.82) is 0 Å². The third-order valence-electron chi connectivity index (χ3n) is 4.17. The Kier molecular flexibility index (Phi) is 3.17. The number of rotatable bonds is 2. The Morgan fingerprint density at radius 2 is 1.88 bits per heavy atom. The highest BCUT2D eigenvalue weighted by Gasteiger charge is 2.29. The molecule has 0 aliphatic heterocycles. The number of hydrogen-bond donors (Lipinski definition) is 1. The molecule has 92 valence electrons. The average molecular weight is 231 g/mol. The van der Waals surface area contributed by atoms with Gasteiger partial charge in [-0.2, -0.15) is 0 Å². The third kappa shape index (κ3) is 2.24. The van der Waals surface area contributed by atoms with E-state index in [1.165, 1.54) is 36.8 Å². The second-order valence-corrected chi connectivity index (χ2v) is 5.34. The standard InChI is InChI=1S/C15H21NO/c16-15-13-9-2-1-5-11(13)6-3-10-14(15)17-12-7-4-8-12/h1-2,5,9,12,14-15H,3-4,6-8,10,16H2. The van der Waals surface area contributed by atoms with Crippen molar-refractivity contribution in [2.24, 2.45) is 5.73 Å². The quantitative estimate of drug-likeness (QED) is 0.794. The molecule has 1 aromatic carbocycles. The van der Waals surface area contributed by atoms with E-state index in [2.05, 4.69) is 24.3 Å². The van der Waals surface area contributed by atoms with E-state index in [0.717, 1.165) is 12.8 Å². The van der Waals surface area contributed by atoms with Crippen molar-refractivity contribution in [2.45, 2.75) is 56.8 Å². The van der Waals surface area contributed by atoms with E-state index in [9.17, 15) is 0 Å². The average Bonchev–Trinajstić information content (AvgIpc) is 2.45. The summed E-state index contributed by atoms with van der Waals surface area (Å²) in [6, 6.07) is 8.64. The highest BCUT2D eigenvalue weighted by atomic mass is 16.5. The Morgan fingerprint density at radius 3 is 2.65 bits per heavy atom. The number of ether oxygens (including phenoxy) is 1. The zero-order valence-corrected chi connectivity index (χ0v) is 10.3. The van der Waals surface area contributed by atoms with Gasteiger partial charge in [0.25, 0.3) is 0 Å². The van der Waals surface area contributed by atoms with Gasteiger partial charge in [-0.15, -0.1) is 0 Å². The predicted octanol–water partition coefficient (Wildman–Crippen LogP) is 2.96. The van der Waals surface area contributed by atoms with Gasteiger partial charge in [0.2, 0.25) is 0 Å². The first-order valence-electron chi connectivity index (χ1n) is 6.83. The Balaban J connectivity index is 1.78. The van der Waals surface area contributed by atoms with Crippen LogP contribution in [0.4, 0.5) is 0 Å². The lowest BCUT2D eigenvalue weighted by Crippen LogP contribution is -2.35. The summed E-state index contributed by atoms with van der Waals surface area (Å²) in [6.45, 7) is 0. The van der Waals surface area contributed by atoms with Gasteiger partial charge in [-0.05, 0) is 49.7 Å². The van der Waals surface area contributed by atoms with Crippen LogP contribution >= 0.6 is 0 Å². The normalized spacial score (nSPS) is 29.2. The predicted molar refractivity (Wildman–Crippen MR) is 68.8 cm³/mol. The molecular weight excluding hydrogens is 210 g/mol. The molecule has 0 radical (unpaired) electrons. The molecule has 1 fully saturated rings. The molecule has 0 heterocycles. The van der Waals surface area contributed by atoms with E-state index in [1.54, 1.807) is 0 Å². The summed E-state index contributed by atoms with van der Waals surface area (Å²) in [4.78, 5) is 0. The number of fused-ring (bicyclic) bond motifs is 1. The van der Waals surface area contributed by atoms with Crippen LogP contribution in [0.15, 0.2) is 24.3 Å². The molecule has 2 heteroatoms. The van der Waals surface area contributed by atoms with Gasteiger partial charge in [0.1, 0.15) is 0 Å². The van der Waals surface area contributed by atoms with Gasteiger partial charge in [-0.1, -0.05) is 24.3 Å². The molecule has 1 aromatic rings. The van der Waals surface area contributed by atoms with Crippen molar-refractivity contribution in [3.05, 3.63) is 35.4 Å². The van der Waals surface area contributed by atoms with Crippen molar-refractivity contribution < 1.29 is 4.74 Å². The highest BCUT2D eigenvalue weighted by molar-refractivity contribution is 5.31. The molecule has 0 amide bonds. The van der Waals surface area contributed by atoms with Crippen LogP contribution in [-0.2, 0) is 11.2 Å². The van der Waals surface area contributed by atoms with Gasteiger partial charge in [0, 0.05) is 0 Å². The van der Waals surface area contributed by atoms with Crippen molar-refractivity contribution in [3.8, 4) is 0 Å². The van der Waals surface area contributed by atoms with E-state index in [1.807, 2.05) is 0 Å². The minimum Gasteiger partial charge on any atom is -0.373 e. The Morgan fingerprint density at radius 1 is 1.06 bits per heavy atom. The van der Waals surface area contributed by atoms with Crippen molar-refractivity contribution in [1.82, 2.24) is 0 Å². The molecule has 2 unspecified atom stereocenters. The van der Waals surface area contributed by atoms with E-state index in [0.29, 0.717) is 6.10 Å². The smallest absolute Gasteiger partial charge is 0.0771 e. The van der Waals surface area contributed by atoms with E-state index < -0.39 is 0 Å². The maximum atomic E-state index is 6.39. The zero-order valence-electron chi connectivity index (χ0n) is 10.3. The first-order chi connectivity index (χ1) is 8.34. The molecule has 0 saturated heterocycles. The van der Waals surface area contributed by atoms with Gasteiger partial charge >= 0.3 is 0 Å². The van der Waals surface area contributed by atoms with Gasteiger partial charge < -0.3 is 10.5 Å². The number of benzene rings is 1. The maximum Gasteiger partial charge on any atom is 0.0771 e. The summed E-state index contributed by atoms with van der Waals surface area (Å²) in [5.74, 6) is 0. The molecule has 17 heavy (non-hydrogen) atoms. The van der Waals surface area contributed by atoms with Crippen LogP contribution in [0, 0.1) is 0 Å². The number of aryl methyl sites for hydroxylation is 1. The minimum absolute atomic E-state index is 0.0642. The summed E-state index contributed by atoms with van der Waals surface area (Å²) in [7, 11) is 0. The second kappa shape index (κ2) is 4.79. The number of hydrogen-bond acceptors (Lipinski definition) is 2. The van der Waals surface area contributed by atoms with Crippen LogP contribution < -0.4 is 5.73 Å². The SMILES string of the molecule is NC1c2ccccc2CCCC1OC1CCC1. The molecule has 2 nitrogen and oxygen atoms in total. The molecule has 0 spiro atoms. The fraction of sp³-hybridized carbons (Fsp3) is 0.600. The van der Waals surface area contributed by atoms with Gasteiger partial charge in [0.05, 0.1) is 18.2 Å². The minimum atomic E-state index is 0.0642. The van der Waals surface area contributed by atoms with E-state index in [4.69, 9.17) is 10.5 Å². The fourth-order valence-electron chi connectivity index (χ4n) is 2.87. The molecule has 2 aliphatic rings. The largest absolute Gasteiger partial charge is 0.373 e. The monoisotopic (exact) mass is 231 g/mol. The van der Waals surface area contributed by atoms with Gasteiger partial charge in [0.15, 0.2) is 0 Å². The second-order valence-electron chi connectivity index (χ2n) is 5.34. The van der Waals surface area contributed by atoms with E-state index >= 15 is 0 Å². The topological polar surface area (TPSA) is 35.2 Å². The molecule has 2 N–H and O–H groups in total. The lowest BCUT2D eigenvalue weighted by Gasteiger charge is -2.33. The van der Waals surface area contributed by atoms with Crippen LogP contribution in [0.3, 0.4) is 0 Å². The summed E-state index contributed by atoms with van der Waals surface area (Å²) in [5, 5.41) is 0. The summed E-state index contributed by atoms with van der Waals surface area (Å²) in [6.07, 6.45) is 7.93. The molecule has 3 rings (SSSR count). The summed E-state index contributed by atoms with van der Waals surface area (Å²) < 4.78 is 6.15. The maximum absolute atomic E-state index is 6.39. The Labute approximate surface area is 103 Å². The summed E-state index contributed by atoms with van der Waals surface area (Å²) >= 11 is 0. The molecule has 2 atom stereocenters. The van der Waals surface area contributed by atoms with Crippen molar-refractivity contribution in [3.63, 3.8) is 0 Å². The fourth-order valence-corrected chi connectivity index (χ4v) is 2.87. The van der Waals surface area contributed by atoms with Crippen LogP contribution in [0.5, 0.6) is 0 Å². The van der Waals surface area contributed by atoms with Gasteiger partial charge in [-0.25, -0.2) is 0 Å². The molecule has 2 aliphatic carbocycles. The molecule has 0 aromatic heterocycles. The van der Waals surface area contributed by atoms with Gasteiger partial charge in [-0.3, -0.25) is 0 Å². The van der Waals surface area contributed by atoms with Crippen LogP contribution in [-0.4, -0.2) is 12.2 Å². The van der Waals surface area contributed by atoms with E-state index in [-0.39, 0.29) is 12.1 Å². The van der Waals surface area contributed by atoms with Crippen LogP contribution in [0.2, 0.25) is 0 Å². The van der Waals surface area contributed by atoms with Crippen LogP contribution in [0.1, 0.15) is 49.3 Å². The third-order valence-corrected chi connectivity index (χ3v) is 4.17. The van der Waals surface area contributed by atoms with Crippen molar-refractivity contribution >= 4 is 0 Å². The molecule has 1 saturated carbocycles. The lowest BCUT2D eigenvalue weighted by atomic mass is 9.94. The zero-order chi connectivity index (χ0) is 11.7. The Hall–Kier alpha value is -0.860. The summed E-state index contributed by atoms with van der Waals surface area (Å²) in [5.41, 5.74) is 9.11. The number of nitrogens with two attached hydrogens (primary N) is 1. The Bertz CT molecular complexity index is 386. The van der Waals surface area contributed by atoms with Crippen LogP contribution in [0.25, 0.3) is 0 Å². The first-order valence-corrected chi connectivity index (χ1v) is 6.83. The molecule has 0 bridgehead atoms. The van der Waals surface area contributed by atoms with Crippen molar-refractivity contribution in [2.75, 3.05) is 0 Å².